The molecule has 0 aliphatic rings. The Bertz CT molecular complexity index is 491. The molecular weight excluding hydrogens is 249 g/mol. The van der Waals surface area contributed by atoms with Crippen LogP contribution in [0.5, 0.6) is 0 Å². The van der Waals surface area contributed by atoms with E-state index < -0.39 is 0 Å². The molecule has 0 aliphatic heterocycles. The molecule has 15 heavy (non-hydrogen) atoms. The third-order valence-electron chi connectivity index (χ3n) is 2.44. The fourth-order valence-corrected chi connectivity index (χ4v) is 2.00. The van der Waals surface area contributed by atoms with E-state index in [4.69, 9.17) is 5.73 Å². The van der Waals surface area contributed by atoms with E-state index in [1.54, 1.807) is 0 Å². The van der Waals surface area contributed by atoms with Crippen molar-refractivity contribution in [1.82, 2.24) is 0 Å². The van der Waals surface area contributed by atoms with E-state index in [0.717, 1.165) is 6.42 Å². The molecule has 0 aromatic heterocycles. The van der Waals surface area contributed by atoms with Gasteiger partial charge in [0.15, 0.2) is 0 Å². The minimum atomic E-state index is 0.618. The summed E-state index contributed by atoms with van der Waals surface area (Å²) in [4.78, 5) is 0. The molecule has 0 atom stereocenters. The Morgan fingerprint density at radius 1 is 1.07 bits per heavy atom. The second-order valence-corrected chi connectivity index (χ2v) is 4.81. The van der Waals surface area contributed by atoms with Gasteiger partial charge >= 0.3 is 97.5 Å². The molecule has 0 aliphatic carbocycles. The average Bonchev–Trinajstić information content (AvgIpc) is 2.29. The van der Waals surface area contributed by atoms with E-state index in [1.165, 1.54) is 20.8 Å². The molecule has 1 nitrogen and oxygen atoms in total. The molecule has 0 spiro atoms. The molecule has 0 amide bonds. The monoisotopic (exact) mass is 263 g/mol. The van der Waals surface area contributed by atoms with Crippen molar-refractivity contribution in [3.63, 3.8) is 0 Å². The number of fused-ring (bicyclic) bond motifs is 1. The first-order valence-electron chi connectivity index (χ1n) is 4.99. The van der Waals surface area contributed by atoms with Crippen molar-refractivity contribution in [2.75, 3.05) is 6.54 Å². The number of rotatable bonds is 3. The van der Waals surface area contributed by atoms with E-state index in [2.05, 4.69) is 58.0 Å². The molecule has 2 rings (SSSR count). The molecular formula is C13H13NSe. The van der Waals surface area contributed by atoms with Gasteiger partial charge in [-0.25, -0.2) is 0 Å². The van der Waals surface area contributed by atoms with Gasteiger partial charge in [0, 0.05) is 0 Å². The van der Waals surface area contributed by atoms with Crippen LogP contribution in [0.3, 0.4) is 0 Å². The van der Waals surface area contributed by atoms with E-state index in [9.17, 15) is 0 Å². The molecule has 0 fully saturated rings. The Hall–Kier alpha value is -0.951. The van der Waals surface area contributed by atoms with Crippen LogP contribution in [0, 0.1) is 0 Å². The molecule has 2 aromatic carbocycles. The zero-order valence-corrected chi connectivity index (χ0v) is 10.2. The van der Waals surface area contributed by atoms with E-state index in [1.807, 2.05) is 0 Å². The van der Waals surface area contributed by atoms with E-state index in [0.29, 0.717) is 6.54 Å². The molecule has 0 radical (unpaired) electrons. The fraction of sp³-hybridized carbons (Fsp3) is 0.154. The van der Waals surface area contributed by atoms with E-state index in [-0.39, 0.29) is 0 Å². The Morgan fingerprint density at radius 2 is 1.80 bits per heavy atom. The Balaban J connectivity index is 2.34. The summed E-state index contributed by atoms with van der Waals surface area (Å²) in [7, 11) is 0. The first-order chi connectivity index (χ1) is 7.29. The van der Waals surface area contributed by atoms with Crippen LogP contribution in [-0.4, -0.2) is 26.5 Å². The zero-order chi connectivity index (χ0) is 10.7. The first kappa shape index (κ1) is 10.6. The summed E-state index contributed by atoms with van der Waals surface area (Å²) in [5.74, 6) is 0. The minimum absolute atomic E-state index is 0.618. The summed E-state index contributed by atoms with van der Waals surface area (Å²) in [6.45, 7) is 0.618. The summed E-state index contributed by atoms with van der Waals surface area (Å²) in [6, 6.07) is 14.9. The summed E-state index contributed by atoms with van der Waals surface area (Å²) >= 11 is 3.01. The van der Waals surface area contributed by atoms with Crippen molar-refractivity contribution in [2.24, 2.45) is 5.73 Å². The van der Waals surface area contributed by atoms with Gasteiger partial charge in [0.2, 0.25) is 0 Å². The van der Waals surface area contributed by atoms with Crippen LogP contribution >= 0.6 is 0 Å². The molecule has 0 saturated carbocycles. The normalized spacial score (nSPS) is 10.5. The van der Waals surface area contributed by atoms with Crippen molar-refractivity contribution in [1.29, 1.82) is 0 Å². The van der Waals surface area contributed by atoms with Crippen molar-refractivity contribution < 1.29 is 0 Å². The van der Waals surface area contributed by atoms with Gasteiger partial charge in [-0.2, -0.15) is 0 Å². The molecule has 76 valence electrons. The summed E-state index contributed by atoms with van der Waals surface area (Å²) in [6.07, 6.45) is 0.932. The van der Waals surface area contributed by atoms with Gasteiger partial charge in [-0.1, -0.05) is 0 Å². The predicted octanol–water partition coefficient (Wildman–Crippen LogP) is 1.68. The van der Waals surface area contributed by atoms with Gasteiger partial charge in [-0.05, 0) is 0 Å². The van der Waals surface area contributed by atoms with Crippen LogP contribution in [0.15, 0.2) is 42.5 Å². The van der Waals surface area contributed by atoms with Gasteiger partial charge in [0.1, 0.15) is 0 Å². The number of hydrogen-bond acceptors (Lipinski definition) is 1. The van der Waals surface area contributed by atoms with Gasteiger partial charge in [0.25, 0.3) is 0 Å². The first-order valence-corrected chi connectivity index (χ1v) is 5.84. The van der Waals surface area contributed by atoms with Crippen molar-refractivity contribution in [3.8, 4) is 0 Å². The van der Waals surface area contributed by atoms with Gasteiger partial charge in [0.05, 0.1) is 0 Å². The Kier molecular flexibility index (Phi) is 3.32. The van der Waals surface area contributed by atoms with Crippen molar-refractivity contribution >= 4 is 30.8 Å². The molecule has 2 heteroatoms. The second-order valence-electron chi connectivity index (χ2n) is 3.60. The zero-order valence-electron chi connectivity index (χ0n) is 8.44. The van der Waals surface area contributed by atoms with Gasteiger partial charge in [-0.15, -0.1) is 0 Å². The van der Waals surface area contributed by atoms with Crippen LogP contribution in [0.25, 0.3) is 10.8 Å². The van der Waals surface area contributed by atoms with Crippen LogP contribution in [-0.2, 0) is 6.42 Å². The van der Waals surface area contributed by atoms with Crippen molar-refractivity contribution in [2.45, 2.75) is 6.42 Å². The van der Waals surface area contributed by atoms with Crippen LogP contribution < -0.4 is 5.73 Å². The quantitative estimate of drug-likeness (QED) is 0.837. The third-order valence-corrected chi connectivity index (χ3v) is 3.10. The molecule has 2 N–H and O–H groups in total. The summed E-state index contributed by atoms with van der Waals surface area (Å²) in [5.41, 5.74) is 6.88. The molecule has 0 saturated heterocycles. The van der Waals surface area contributed by atoms with Crippen molar-refractivity contribution in [3.05, 3.63) is 48.0 Å². The standard InChI is InChI=1S/C13H13NSe/c14-9-13(15)8-10-5-6-11-3-1-2-4-12(11)7-10/h1-7H,8-9,14H2. The molecule has 0 heterocycles. The SMILES string of the molecule is NCC(=[Se])Cc1ccc2ccccc2c1. The van der Waals surface area contributed by atoms with Gasteiger partial charge < -0.3 is 0 Å². The molecule has 0 unspecified atom stereocenters. The fourth-order valence-electron chi connectivity index (χ4n) is 1.65. The summed E-state index contributed by atoms with van der Waals surface area (Å²) in [5, 5.41) is 2.58. The number of benzene rings is 2. The maximum atomic E-state index is 5.56. The summed E-state index contributed by atoms with van der Waals surface area (Å²) < 4.78 is 1.20. The van der Waals surface area contributed by atoms with Crippen LogP contribution in [0.1, 0.15) is 5.56 Å². The maximum absolute atomic E-state index is 5.56. The van der Waals surface area contributed by atoms with Crippen LogP contribution in [0.2, 0.25) is 0 Å². The number of hydrogen-bond donors (Lipinski definition) is 1. The average molecular weight is 262 g/mol. The Labute approximate surface area is 97.6 Å². The topological polar surface area (TPSA) is 26.0 Å². The van der Waals surface area contributed by atoms with E-state index >= 15 is 0 Å². The van der Waals surface area contributed by atoms with Crippen LogP contribution in [0.4, 0.5) is 0 Å². The van der Waals surface area contributed by atoms with Gasteiger partial charge in [-0.3, -0.25) is 0 Å². The molecule has 2 aromatic rings. The third kappa shape index (κ3) is 2.54. The Morgan fingerprint density at radius 3 is 2.53 bits per heavy atom. The molecule has 0 bridgehead atoms. The predicted molar refractivity (Wildman–Crippen MR) is 67.5 cm³/mol. The second kappa shape index (κ2) is 4.71. The number of nitrogens with two attached hydrogens (primary N) is 1.